The quantitative estimate of drug-likeness (QED) is 0.638. The smallest absolute Gasteiger partial charge is 0.241 e. The lowest BCUT2D eigenvalue weighted by Crippen LogP contribution is -2.45. The molecule has 0 unspecified atom stereocenters. The number of ether oxygens (including phenoxy) is 1. The van der Waals surface area contributed by atoms with E-state index in [1.807, 2.05) is 11.0 Å². The maximum absolute atomic E-state index is 13.3. The fourth-order valence-corrected chi connectivity index (χ4v) is 6.33. The molecule has 0 bridgehead atoms. The van der Waals surface area contributed by atoms with Gasteiger partial charge >= 0.3 is 0 Å². The van der Waals surface area contributed by atoms with Crippen LogP contribution in [0.15, 0.2) is 41.3 Å². The highest BCUT2D eigenvalue weighted by Crippen LogP contribution is 2.36. The molecule has 0 aliphatic carbocycles. The van der Waals surface area contributed by atoms with Crippen molar-refractivity contribution in [2.45, 2.75) is 50.6 Å². The van der Waals surface area contributed by atoms with Crippen molar-refractivity contribution in [3.63, 3.8) is 0 Å². The first-order valence-electron chi connectivity index (χ1n) is 12.5. The van der Waals surface area contributed by atoms with Crippen molar-refractivity contribution < 1.29 is 17.9 Å². The zero-order chi connectivity index (χ0) is 26.1. The van der Waals surface area contributed by atoms with Crippen LogP contribution in [0.3, 0.4) is 0 Å². The number of rotatable bonds is 6. The highest BCUT2D eigenvalue weighted by atomic mass is 32.2. The molecular formula is C27H38N4O4S. The van der Waals surface area contributed by atoms with Gasteiger partial charge in [0.05, 0.1) is 18.4 Å². The van der Waals surface area contributed by atoms with Gasteiger partial charge in [0.1, 0.15) is 5.75 Å². The molecule has 4 rings (SSSR count). The van der Waals surface area contributed by atoms with Gasteiger partial charge in [0, 0.05) is 61.6 Å². The number of methoxy groups -OCH3 is 1. The average molecular weight is 515 g/mol. The second kappa shape index (κ2) is 10.4. The minimum Gasteiger partial charge on any atom is -0.496 e. The summed E-state index contributed by atoms with van der Waals surface area (Å²) in [6, 6.07) is 10.8. The van der Waals surface area contributed by atoms with Gasteiger partial charge in [-0.3, -0.25) is 4.79 Å². The standard InChI is InChI=1S/C27H38N4O4S/c1-27(2,3)28-36(33,34)21-8-6-20(7-9-21)18-26(32)31-13-12-22-23(19-31)24(10-11-25(22)35-5)30-16-14-29(4)15-17-30/h6-11,28H,12-19H2,1-5H3. The molecule has 2 aromatic rings. The molecule has 196 valence electrons. The molecule has 1 amide bonds. The summed E-state index contributed by atoms with van der Waals surface area (Å²) in [6.07, 6.45) is 0.984. The Morgan fingerprint density at radius 1 is 0.972 bits per heavy atom. The first-order chi connectivity index (χ1) is 17.0. The maximum atomic E-state index is 13.3. The van der Waals surface area contributed by atoms with E-state index >= 15 is 0 Å². The number of amides is 1. The molecule has 0 radical (unpaired) electrons. The second-order valence-electron chi connectivity index (χ2n) is 10.8. The van der Waals surface area contributed by atoms with Gasteiger partial charge in [0.15, 0.2) is 0 Å². The fourth-order valence-electron chi connectivity index (χ4n) is 4.91. The number of nitrogens with zero attached hydrogens (tertiary/aromatic N) is 3. The maximum Gasteiger partial charge on any atom is 0.241 e. The van der Waals surface area contributed by atoms with E-state index in [0.29, 0.717) is 13.1 Å². The molecule has 0 saturated carbocycles. The van der Waals surface area contributed by atoms with Gasteiger partial charge < -0.3 is 19.4 Å². The fraction of sp³-hybridized carbons (Fsp3) is 0.519. The van der Waals surface area contributed by atoms with Gasteiger partial charge in [-0.25, -0.2) is 13.1 Å². The number of sulfonamides is 1. The van der Waals surface area contributed by atoms with Crippen LogP contribution in [-0.2, 0) is 34.2 Å². The van der Waals surface area contributed by atoms with E-state index in [1.165, 1.54) is 16.8 Å². The molecule has 2 aliphatic heterocycles. The number of nitrogens with one attached hydrogen (secondary N) is 1. The Balaban J connectivity index is 1.49. The lowest BCUT2D eigenvalue weighted by atomic mass is 9.95. The summed E-state index contributed by atoms with van der Waals surface area (Å²) in [6.45, 7) is 10.6. The number of carbonyl (C=O) groups is 1. The van der Waals surface area contributed by atoms with Gasteiger partial charge in [-0.1, -0.05) is 12.1 Å². The monoisotopic (exact) mass is 514 g/mol. The van der Waals surface area contributed by atoms with Gasteiger partial charge in [0.2, 0.25) is 15.9 Å². The van der Waals surface area contributed by atoms with Crippen LogP contribution in [0.25, 0.3) is 0 Å². The average Bonchev–Trinajstić information content (AvgIpc) is 2.82. The van der Waals surface area contributed by atoms with E-state index in [0.717, 1.165) is 43.9 Å². The third-order valence-corrected chi connectivity index (χ3v) is 8.56. The van der Waals surface area contributed by atoms with E-state index in [2.05, 4.69) is 27.6 Å². The van der Waals surface area contributed by atoms with E-state index in [1.54, 1.807) is 52.1 Å². The van der Waals surface area contributed by atoms with Crippen molar-refractivity contribution in [1.82, 2.24) is 14.5 Å². The van der Waals surface area contributed by atoms with Gasteiger partial charge in [-0.2, -0.15) is 0 Å². The van der Waals surface area contributed by atoms with Crippen LogP contribution in [0, 0.1) is 0 Å². The van der Waals surface area contributed by atoms with Crippen LogP contribution in [0.5, 0.6) is 5.75 Å². The van der Waals surface area contributed by atoms with Crippen molar-refractivity contribution in [1.29, 1.82) is 0 Å². The lowest BCUT2D eigenvalue weighted by molar-refractivity contribution is -0.131. The Bertz CT molecular complexity index is 1200. The number of piperazine rings is 1. The van der Waals surface area contributed by atoms with E-state index in [9.17, 15) is 13.2 Å². The van der Waals surface area contributed by atoms with Crippen molar-refractivity contribution in [2.75, 3.05) is 51.8 Å². The van der Waals surface area contributed by atoms with Gasteiger partial charge in [-0.15, -0.1) is 0 Å². The predicted molar refractivity (Wildman–Crippen MR) is 142 cm³/mol. The Morgan fingerprint density at radius 3 is 2.25 bits per heavy atom. The first kappa shape index (κ1) is 26.4. The van der Waals surface area contributed by atoms with E-state index in [-0.39, 0.29) is 17.2 Å². The Kier molecular flexibility index (Phi) is 7.64. The van der Waals surface area contributed by atoms with Crippen LogP contribution in [0.1, 0.15) is 37.5 Å². The molecule has 2 aromatic carbocycles. The highest BCUT2D eigenvalue weighted by Gasteiger charge is 2.28. The Labute approximate surface area is 215 Å². The van der Waals surface area contributed by atoms with Crippen molar-refractivity contribution in [2.24, 2.45) is 0 Å². The third-order valence-electron chi connectivity index (χ3n) is 6.79. The van der Waals surface area contributed by atoms with Crippen LogP contribution in [0.2, 0.25) is 0 Å². The molecule has 1 fully saturated rings. The summed E-state index contributed by atoms with van der Waals surface area (Å²) >= 11 is 0. The zero-order valence-electron chi connectivity index (χ0n) is 22.0. The molecule has 8 nitrogen and oxygen atoms in total. The van der Waals surface area contributed by atoms with E-state index < -0.39 is 15.6 Å². The SMILES string of the molecule is COc1ccc(N2CCN(C)CC2)c2c1CCN(C(=O)Cc1ccc(S(=O)(=O)NC(C)(C)C)cc1)C2. The van der Waals surface area contributed by atoms with Gasteiger partial charge in [-0.05, 0) is 64.1 Å². The highest BCUT2D eigenvalue weighted by molar-refractivity contribution is 7.89. The number of hydrogen-bond acceptors (Lipinski definition) is 6. The minimum absolute atomic E-state index is 0.0382. The lowest BCUT2D eigenvalue weighted by Gasteiger charge is -2.38. The Hall–Kier alpha value is -2.62. The summed E-state index contributed by atoms with van der Waals surface area (Å²) < 4.78 is 33.5. The zero-order valence-corrected chi connectivity index (χ0v) is 22.8. The van der Waals surface area contributed by atoms with Crippen LogP contribution in [0.4, 0.5) is 5.69 Å². The molecule has 1 N–H and O–H groups in total. The molecule has 1 saturated heterocycles. The second-order valence-corrected chi connectivity index (χ2v) is 12.5. The number of likely N-dealkylation sites (N-methyl/N-ethyl adjacent to an activating group) is 1. The predicted octanol–water partition coefficient (Wildman–Crippen LogP) is 2.65. The summed E-state index contributed by atoms with van der Waals surface area (Å²) in [5.41, 5.74) is 3.79. The molecular weight excluding hydrogens is 476 g/mol. The van der Waals surface area contributed by atoms with Crippen LogP contribution in [-0.4, -0.2) is 76.5 Å². The summed E-state index contributed by atoms with van der Waals surface area (Å²) in [4.78, 5) is 20.1. The number of benzene rings is 2. The summed E-state index contributed by atoms with van der Waals surface area (Å²) in [5.74, 6) is 0.923. The Morgan fingerprint density at radius 2 is 1.64 bits per heavy atom. The number of hydrogen-bond donors (Lipinski definition) is 1. The van der Waals surface area contributed by atoms with Gasteiger partial charge in [0.25, 0.3) is 0 Å². The van der Waals surface area contributed by atoms with Crippen LogP contribution >= 0.6 is 0 Å². The van der Waals surface area contributed by atoms with Crippen LogP contribution < -0.4 is 14.4 Å². The van der Waals surface area contributed by atoms with Crippen molar-refractivity contribution >= 4 is 21.6 Å². The topological polar surface area (TPSA) is 82.2 Å². The van der Waals surface area contributed by atoms with Crippen molar-refractivity contribution in [3.05, 3.63) is 53.1 Å². The van der Waals surface area contributed by atoms with Crippen molar-refractivity contribution in [3.8, 4) is 5.75 Å². The third kappa shape index (κ3) is 6.02. The molecule has 2 heterocycles. The molecule has 2 aliphatic rings. The molecule has 9 heteroatoms. The first-order valence-corrected chi connectivity index (χ1v) is 14.0. The largest absolute Gasteiger partial charge is 0.496 e. The molecule has 0 aromatic heterocycles. The molecule has 0 spiro atoms. The minimum atomic E-state index is -3.61. The number of anilines is 1. The normalized spacial score (nSPS) is 17.1. The number of carbonyl (C=O) groups excluding carboxylic acids is 1. The summed E-state index contributed by atoms with van der Waals surface area (Å²) in [7, 11) is 0.233. The number of fused-ring (bicyclic) bond motifs is 1. The summed E-state index contributed by atoms with van der Waals surface area (Å²) in [5, 5.41) is 0. The molecule has 0 atom stereocenters. The van der Waals surface area contributed by atoms with E-state index in [4.69, 9.17) is 4.74 Å². The molecule has 36 heavy (non-hydrogen) atoms.